The first-order chi connectivity index (χ1) is 7.15. The summed E-state index contributed by atoms with van der Waals surface area (Å²) in [4.78, 5) is 23.4. The number of fused-ring (bicyclic) bond motifs is 2. The lowest BCUT2D eigenvalue weighted by atomic mass is 10.2. The Hall–Kier alpha value is -1.36. The Bertz CT molecular complexity index is 301. The molecule has 2 rings (SSSR count). The van der Waals surface area contributed by atoms with E-state index in [0.717, 1.165) is 25.0 Å². The number of hydrogen-bond donors (Lipinski definition) is 1. The number of nitrogens with zero attached hydrogens (tertiary/aromatic N) is 1. The lowest BCUT2D eigenvalue weighted by molar-refractivity contribution is -0.135. The molecule has 15 heavy (non-hydrogen) atoms. The summed E-state index contributed by atoms with van der Waals surface area (Å²) >= 11 is 0. The van der Waals surface area contributed by atoms with Crippen LogP contribution in [0, 0.1) is 0 Å². The number of carbonyl (C=O) groups excluding carboxylic acids is 1. The zero-order valence-corrected chi connectivity index (χ0v) is 8.26. The van der Waals surface area contributed by atoms with Gasteiger partial charge in [-0.3, -0.25) is 4.79 Å². The molecule has 0 radical (unpaired) electrons. The molecule has 0 spiro atoms. The predicted octanol–water partition coefficient (Wildman–Crippen LogP) is 0.0170. The minimum absolute atomic E-state index is 0.144. The van der Waals surface area contributed by atoms with Gasteiger partial charge in [0.15, 0.2) is 0 Å². The van der Waals surface area contributed by atoms with Crippen LogP contribution in [0.25, 0.3) is 0 Å². The van der Waals surface area contributed by atoms with Gasteiger partial charge < -0.3 is 14.7 Å². The lowest BCUT2D eigenvalue weighted by Gasteiger charge is -2.31. The molecule has 1 N–H and O–H groups in total. The molecule has 2 atom stereocenters. The summed E-state index contributed by atoms with van der Waals surface area (Å²) in [6.45, 7) is 1.17. The first-order valence-electron chi connectivity index (χ1n) is 5.00. The van der Waals surface area contributed by atoms with Gasteiger partial charge in [-0.05, 0) is 12.8 Å². The normalized spacial score (nSPS) is 29.7. The molecule has 2 fully saturated rings. The Morgan fingerprint density at radius 1 is 1.20 bits per heavy atom. The van der Waals surface area contributed by atoms with Crippen molar-refractivity contribution in [3.63, 3.8) is 0 Å². The van der Waals surface area contributed by atoms with Crippen LogP contribution in [0.1, 0.15) is 12.8 Å². The van der Waals surface area contributed by atoms with Crippen LogP contribution in [0.15, 0.2) is 12.2 Å². The van der Waals surface area contributed by atoms with Gasteiger partial charge in [0.2, 0.25) is 5.91 Å². The molecule has 2 heterocycles. The molecule has 2 bridgehead atoms. The Balaban J connectivity index is 1.94. The molecule has 0 aromatic carbocycles. The van der Waals surface area contributed by atoms with Crippen molar-refractivity contribution < 1.29 is 19.4 Å². The molecule has 0 aliphatic carbocycles. The maximum atomic E-state index is 11.5. The van der Waals surface area contributed by atoms with E-state index >= 15 is 0 Å². The fourth-order valence-corrected chi connectivity index (χ4v) is 2.04. The topological polar surface area (TPSA) is 66.8 Å². The van der Waals surface area contributed by atoms with Crippen LogP contribution in [0.3, 0.4) is 0 Å². The summed E-state index contributed by atoms with van der Waals surface area (Å²) in [6, 6.07) is 0. The first kappa shape index (κ1) is 10.2. The molecule has 1 amide bonds. The summed E-state index contributed by atoms with van der Waals surface area (Å²) < 4.78 is 5.57. The van der Waals surface area contributed by atoms with Gasteiger partial charge in [0.1, 0.15) is 0 Å². The Morgan fingerprint density at radius 3 is 2.33 bits per heavy atom. The number of rotatable bonds is 2. The molecular weight excluding hydrogens is 198 g/mol. The Morgan fingerprint density at radius 2 is 1.80 bits per heavy atom. The minimum atomic E-state index is -1.10. The van der Waals surface area contributed by atoms with Gasteiger partial charge in [0.05, 0.1) is 12.2 Å². The van der Waals surface area contributed by atoms with E-state index < -0.39 is 5.97 Å². The molecule has 5 nitrogen and oxygen atoms in total. The molecule has 2 aliphatic heterocycles. The highest BCUT2D eigenvalue weighted by molar-refractivity contribution is 5.94. The van der Waals surface area contributed by atoms with Gasteiger partial charge >= 0.3 is 5.97 Å². The van der Waals surface area contributed by atoms with E-state index in [-0.39, 0.29) is 18.1 Å². The van der Waals surface area contributed by atoms with Crippen molar-refractivity contribution in [3.8, 4) is 0 Å². The van der Waals surface area contributed by atoms with Crippen molar-refractivity contribution >= 4 is 11.9 Å². The van der Waals surface area contributed by atoms with Crippen molar-refractivity contribution in [2.45, 2.75) is 25.0 Å². The summed E-state index contributed by atoms with van der Waals surface area (Å²) in [5, 5.41) is 8.39. The zero-order valence-electron chi connectivity index (χ0n) is 8.26. The third-order valence-electron chi connectivity index (χ3n) is 2.72. The Labute approximate surface area is 87.3 Å². The van der Waals surface area contributed by atoms with Crippen LogP contribution in [-0.2, 0) is 14.3 Å². The highest BCUT2D eigenvalue weighted by Crippen LogP contribution is 2.26. The number of aliphatic carboxylic acids is 1. The van der Waals surface area contributed by atoms with Crippen molar-refractivity contribution in [2.24, 2.45) is 0 Å². The first-order valence-corrected chi connectivity index (χ1v) is 5.00. The average molecular weight is 211 g/mol. The molecule has 0 aromatic rings. The molecule has 0 saturated carbocycles. The molecule has 0 aromatic heterocycles. The highest BCUT2D eigenvalue weighted by Gasteiger charge is 2.34. The average Bonchev–Trinajstić information content (AvgIpc) is 2.54. The van der Waals surface area contributed by atoms with Gasteiger partial charge in [0.25, 0.3) is 0 Å². The van der Waals surface area contributed by atoms with E-state index in [1.807, 2.05) is 0 Å². The summed E-state index contributed by atoms with van der Waals surface area (Å²) in [5.41, 5.74) is 0. The molecule has 5 heteroatoms. The van der Waals surface area contributed by atoms with Crippen molar-refractivity contribution in [1.82, 2.24) is 4.90 Å². The highest BCUT2D eigenvalue weighted by atomic mass is 16.5. The van der Waals surface area contributed by atoms with E-state index in [4.69, 9.17) is 9.84 Å². The zero-order chi connectivity index (χ0) is 10.8. The molecule has 82 valence electrons. The second-order valence-electron chi connectivity index (χ2n) is 3.87. The number of carboxylic acids is 1. The van der Waals surface area contributed by atoms with Crippen LogP contribution < -0.4 is 0 Å². The fourth-order valence-electron chi connectivity index (χ4n) is 2.04. The minimum Gasteiger partial charge on any atom is -0.478 e. The van der Waals surface area contributed by atoms with E-state index in [9.17, 15) is 9.59 Å². The Kier molecular flexibility index (Phi) is 2.73. The molecule has 2 saturated heterocycles. The van der Waals surface area contributed by atoms with Crippen LogP contribution in [-0.4, -0.2) is 47.2 Å². The van der Waals surface area contributed by atoms with Gasteiger partial charge in [-0.2, -0.15) is 0 Å². The number of likely N-dealkylation sites (tertiary alicyclic amines) is 1. The van der Waals surface area contributed by atoms with E-state index in [1.54, 1.807) is 4.90 Å². The number of carboxylic acid groups (broad SMARTS) is 1. The van der Waals surface area contributed by atoms with Crippen LogP contribution in [0.5, 0.6) is 0 Å². The largest absolute Gasteiger partial charge is 0.478 e. The summed E-state index contributed by atoms with van der Waals surface area (Å²) in [5.74, 6) is -1.34. The standard InChI is InChI=1S/C10H13NO4/c12-9(3-4-10(13)14)11-5-7-1-2-8(6-11)15-7/h3-4,7-8H,1-2,5-6H2,(H,13,14)/b4-3-. The maximum Gasteiger partial charge on any atom is 0.328 e. The number of hydrogen-bond acceptors (Lipinski definition) is 3. The van der Waals surface area contributed by atoms with Crippen LogP contribution in [0.4, 0.5) is 0 Å². The summed E-state index contributed by atoms with van der Waals surface area (Å²) in [7, 11) is 0. The third-order valence-corrected chi connectivity index (χ3v) is 2.72. The monoisotopic (exact) mass is 211 g/mol. The van der Waals surface area contributed by atoms with Gasteiger partial charge in [0, 0.05) is 25.2 Å². The van der Waals surface area contributed by atoms with Gasteiger partial charge in [-0.1, -0.05) is 0 Å². The summed E-state index contributed by atoms with van der Waals surface area (Å²) in [6.07, 6.45) is 4.26. The lowest BCUT2D eigenvalue weighted by Crippen LogP contribution is -2.45. The molecular formula is C10H13NO4. The fraction of sp³-hybridized carbons (Fsp3) is 0.600. The van der Waals surface area contributed by atoms with Crippen molar-refractivity contribution in [3.05, 3.63) is 12.2 Å². The number of morpholine rings is 1. The predicted molar refractivity (Wildman–Crippen MR) is 51.3 cm³/mol. The third kappa shape index (κ3) is 2.36. The number of amides is 1. The maximum absolute atomic E-state index is 11.5. The van der Waals surface area contributed by atoms with Crippen LogP contribution in [0.2, 0.25) is 0 Å². The van der Waals surface area contributed by atoms with Crippen molar-refractivity contribution in [1.29, 1.82) is 0 Å². The number of ether oxygens (including phenoxy) is 1. The molecule has 2 aliphatic rings. The van der Waals surface area contributed by atoms with E-state index in [1.165, 1.54) is 0 Å². The van der Waals surface area contributed by atoms with Crippen LogP contribution >= 0.6 is 0 Å². The van der Waals surface area contributed by atoms with E-state index in [0.29, 0.717) is 13.1 Å². The molecule has 2 unspecified atom stereocenters. The van der Waals surface area contributed by atoms with Gasteiger partial charge in [-0.25, -0.2) is 4.79 Å². The quantitative estimate of drug-likeness (QED) is 0.654. The van der Waals surface area contributed by atoms with Gasteiger partial charge in [-0.15, -0.1) is 0 Å². The van der Waals surface area contributed by atoms with Crippen molar-refractivity contribution in [2.75, 3.05) is 13.1 Å². The SMILES string of the molecule is O=C(O)/C=C\C(=O)N1CC2CCC(C1)O2. The van der Waals surface area contributed by atoms with E-state index in [2.05, 4.69) is 0 Å². The number of carbonyl (C=O) groups is 2. The second kappa shape index (κ2) is 4.02. The smallest absolute Gasteiger partial charge is 0.328 e. The second-order valence-corrected chi connectivity index (χ2v) is 3.87.